The van der Waals surface area contributed by atoms with Crippen molar-refractivity contribution in [2.45, 2.75) is 57.2 Å². The van der Waals surface area contributed by atoms with Crippen molar-refractivity contribution in [3.63, 3.8) is 0 Å². The highest BCUT2D eigenvalue weighted by Gasteiger charge is 2.40. The summed E-state index contributed by atoms with van der Waals surface area (Å²) in [5, 5.41) is 0.635. The number of hydrogen-bond acceptors (Lipinski definition) is 5. The summed E-state index contributed by atoms with van der Waals surface area (Å²) in [5.41, 5.74) is 0.816. The van der Waals surface area contributed by atoms with Gasteiger partial charge in [0.15, 0.2) is 11.7 Å². The van der Waals surface area contributed by atoms with Crippen LogP contribution in [0.4, 0.5) is 0 Å². The van der Waals surface area contributed by atoms with Crippen LogP contribution in [-0.4, -0.2) is 39.6 Å². The molecule has 148 valence electrons. The van der Waals surface area contributed by atoms with Gasteiger partial charge in [0.05, 0.1) is 19.3 Å². The highest BCUT2D eigenvalue weighted by molar-refractivity contribution is 6.70. The summed E-state index contributed by atoms with van der Waals surface area (Å²) in [5.74, 6) is 0.796. The minimum Gasteiger partial charge on any atom is -0.532 e. The lowest BCUT2D eigenvalue weighted by atomic mass is 9.91. The zero-order valence-corrected chi connectivity index (χ0v) is 18.1. The molecule has 0 aromatic heterocycles. The fourth-order valence-corrected chi connectivity index (χ4v) is 4.30. The van der Waals surface area contributed by atoms with E-state index in [1.54, 1.807) is 6.21 Å². The fraction of sp³-hybridized carbons (Fsp3) is 0.550. The van der Waals surface area contributed by atoms with Crippen LogP contribution in [-0.2, 0) is 13.9 Å². The topological polar surface area (TPSA) is 49.3 Å². The van der Waals surface area contributed by atoms with Gasteiger partial charge in [-0.25, -0.2) is 4.99 Å². The standard InChI is InChI=1S/C20H28ClNO4Si/c1-15(26-27(2,3)4)22-14-16-13-17(21)5-6-19(16)25-18-7-9-20(10-8-18)23-11-12-24-20/h5-6,13-14,18H,1,7-12H2,2-4H3. The zero-order valence-electron chi connectivity index (χ0n) is 16.3. The molecule has 1 saturated carbocycles. The van der Waals surface area contributed by atoms with Crippen LogP contribution < -0.4 is 4.74 Å². The van der Waals surface area contributed by atoms with Gasteiger partial charge in [0, 0.05) is 29.6 Å². The van der Waals surface area contributed by atoms with Crippen molar-refractivity contribution in [3.8, 4) is 5.75 Å². The molecule has 0 N–H and O–H groups in total. The minimum absolute atomic E-state index is 0.123. The molecule has 0 bridgehead atoms. The molecule has 1 saturated heterocycles. The molecule has 1 aromatic rings. The highest BCUT2D eigenvalue weighted by Crippen LogP contribution is 2.37. The molecule has 0 atom stereocenters. The Balaban J connectivity index is 1.65. The van der Waals surface area contributed by atoms with Crippen LogP contribution >= 0.6 is 11.6 Å². The van der Waals surface area contributed by atoms with Gasteiger partial charge in [-0.1, -0.05) is 11.6 Å². The summed E-state index contributed by atoms with van der Waals surface area (Å²) < 4.78 is 23.6. The first-order valence-electron chi connectivity index (χ1n) is 9.41. The summed E-state index contributed by atoms with van der Waals surface area (Å²) in [6.45, 7) is 11.5. The van der Waals surface area contributed by atoms with E-state index in [2.05, 4.69) is 31.2 Å². The van der Waals surface area contributed by atoms with Crippen LogP contribution in [0.15, 0.2) is 35.7 Å². The lowest BCUT2D eigenvalue weighted by molar-refractivity contribution is -0.186. The monoisotopic (exact) mass is 409 g/mol. The van der Waals surface area contributed by atoms with E-state index in [0.29, 0.717) is 24.1 Å². The molecule has 1 aromatic carbocycles. The Bertz CT molecular complexity index is 700. The number of nitrogens with zero attached hydrogens (tertiary/aromatic N) is 1. The molecular weight excluding hydrogens is 382 g/mol. The molecule has 0 radical (unpaired) electrons. The highest BCUT2D eigenvalue weighted by atomic mass is 35.5. The van der Waals surface area contributed by atoms with Gasteiger partial charge in [0.25, 0.3) is 0 Å². The number of hydrogen-bond donors (Lipinski definition) is 0. The van der Waals surface area contributed by atoms with E-state index in [1.807, 2.05) is 18.2 Å². The number of aliphatic imine (C=N–C) groups is 1. The summed E-state index contributed by atoms with van der Waals surface area (Å²) >= 11 is 6.17. The Morgan fingerprint density at radius 1 is 1.26 bits per heavy atom. The molecule has 5 nitrogen and oxygen atoms in total. The maximum absolute atomic E-state index is 6.25. The third-order valence-corrected chi connectivity index (χ3v) is 5.63. The Morgan fingerprint density at radius 3 is 2.56 bits per heavy atom. The molecule has 7 heteroatoms. The van der Waals surface area contributed by atoms with Crippen LogP contribution in [0.3, 0.4) is 0 Å². The summed E-state index contributed by atoms with van der Waals surface area (Å²) in [7, 11) is -1.73. The van der Waals surface area contributed by atoms with Crippen molar-refractivity contribution < 1.29 is 18.6 Å². The summed E-state index contributed by atoms with van der Waals surface area (Å²) in [4.78, 5) is 4.35. The second-order valence-electron chi connectivity index (χ2n) is 7.97. The summed E-state index contributed by atoms with van der Waals surface area (Å²) in [6, 6.07) is 5.56. The average Bonchev–Trinajstić information content (AvgIpc) is 3.04. The van der Waals surface area contributed by atoms with E-state index in [4.69, 9.17) is 30.2 Å². The van der Waals surface area contributed by atoms with E-state index >= 15 is 0 Å². The van der Waals surface area contributed by atoms with E-state index in [9.17, 15) is 0 Å². The second kappa shape index (κ2) is 8.35. The van der Waals surface area contributed by atoms with Gasteiger partial charge < -0.3 is 18.6 Å². The zero-order chi connectivity index (χ0) is 19.5. The quantitative estimate of drug-likeness (QED) is 0.370. The summed E-state index contributed by atoms with van der Waals surface area (Å²) in [6.07, 6.45) is 5.33. The van der Waals surface area contributed by atoms with E-state index in [0.717, 1.165) is 37.0 Å². The van der Waals surface area contributed by atoms with Gasteiger partial charge in [0.2, 0.25) is 8.32 Å². The van der Waals surface area contributed by atoms with Gasteiger partial charge in [-0.2, -0.15) is 0 Å². The normalized spacial score (nSPS) is 20.3. The Hall–Kier alpha value is -1.34. The first-order valence-corrected chi connectivity index (χ1v) is 13.2. The van der Waals surface area contributed by atoms with Gasteiger partial charge in [0.1, 0.15) is 5.75 Å². The molecular formula is C20H28ClNO4Si. The van der Waals surface area contributed by atoms with Crippen LogP contribution in [0.1, 0.15) is 31.2 Å². The number of halogens is 1. The second-order valence-corrected chi connectivity index (χ2v) is 12.8. The SMILES string of the molecule is C=C(N=Cc1cc(Cl)ccc1OC1CCC2(CC1)OCCO2)O[Si](C)(C)C. The van der Waals surface area contributed by atoms with Gasteiger partial charge >= 0.3 is 0 Å². The molecule has 2 fully saturated rings. The molecule has 0 amide bonds. The molecule has 1 heterocycles. The third kappa shape index (κ3) is 5.81. The maximum Gasteiger partial charge on any atom is 0.244 e. The third-order valence-electron chi connectivity index (χ3n) is 4.55. The number of rotatable bonds is 6. The predicted octanol–water partition coefficient (Wildman–Crippen LogP) is 5.15. The van der Waals surface area contributed by atoms with Gasteiger partial charge in [-0.05, 0) is 57.3 Å². The molecule has 27 heavy (non-hydrogen) atoms. The van der Waals surface area contributed by atoms with Crippen LogP contribution in [0.2, 0.25) is 24.7 Å². The van der Waals surface area contributed by atoms with Crippen molar-refractivity contribution in [3.05, 3.63) is 41.2 Å². The molecule has 1 aliphatic carbocycles. The van der Waals surface area contributed by atoms with Crippen LogP contribution in [0.25, 0.3) is 0 Å². The number of benzene rings is 1. The number of ether oxygens (including phenoxy) is 3. The van der Waals surface area contributed by atoms with E-state index in [-0.39, 0.29) is 11.9 Å². The van der Waals surface area contributed by atoms with Crippen LogP contribution in [0, 0.1) is 0 Å². The van der Waals surface area contributed by atoms with Gasteiger partial charge in [-0.3, -0.25) is 0 Å². The van der Waals surface area contributed by atoms with Crippen LogP contribution in [0.5, 0.6) is 5.75 Å². The molecule has 1 spiro atoms. The van der Waals surface area contributed by atoms with Crippen molar-refractivity contribution >= 4 is 26.1 Å². The lowest BCUT2D eigenvalue weighted by Gasteiger charge is -2.35. The fourth-order valence-electron chi connectivity index (χ4n) is 3.36. The average molecular weight is 410 g/mol. The van der Waals surface area contributed by atoms with Crippen molar-refractivity contribution in [2.24, 2.45) is 4.99 Å². The van der Waals surface area contributed by atoms with Crippen molar-refractivity contribution in [1.82, 2.24) is 0 Å². The first-order chi connectivity index (χ1) is 12.7. The van der Waals surface area contributed by atoms with Crippen molar-refractivity contribution in [1.29, 1.82) is 0 Å². The lowest BCUT2D eigenvalue weighted by Crippen LogP contribution is -2.38. The smallest absolute Gasteiger partial charge is 0.244 e. The predicted molar refractivity (Wildman–Crippen MR) is 110 cm³/mol. The Kier molecular flexibility index (Phi) is 6.31. The van der Waals surface area contributed by atoms with Crippen molar-refractivity contribution in [2.75, 3.05) is 13.2 Å². The molecule has 1 aliphatic heterocycles. The molecule has 2 aliphatic rings. The van der Waals surface area contributed by atoms with E-state index in [1.165, 1.54) is 0 Å². The minimum atomic E-state index is -1.73. The maximum atomic E-state index is 6.25. The molecule has 0 unspecified atom stereocenters. The Labute approximate surface area is 167 Å². The van der Waals surface area contributed by atoms with Gasteiger partial charge in [-0.15, -0.1) is 0 Å². The van der Waals surface area contributed by atoms with E-state index < -0.39 is 8.32 Å². The largest absolute Gasteiger partial charge is 0.532 e. The molecule has 3 rings (SSSR count). The first kappa shape index (κ1) is 20.4. The Morgan fingerprint density at radius 2 is 1.93 bits per heavy atom.